The number of benzene rings is 3. The maximum atomic E-state index is 14.2. The van der Waals surface area contributed by atoms with E-state index in [0.29, 0.717) is 47.6 Å². The van der Waals surface area contributed by atoms with Crippen LogP contribution in [0, 0.1) is 11.8 Å². The highest BCUT2D eigenvalue weighted by atomic mass is 35.5. The van der Waals surface area contributed by atoms with Crippen LogP contribution in [-0.4, -0.2) is 28.4 Å². The molecule has 3 aromatic carbocycles. The highest BCUT2D eigenvalue weighted by Gasteiger charge is 2.40. The summed E-state index contributed by atoms with van der Waals surface area (Å²) in [5.41, 5.74) is 1.62. The van der Waals surface area contributed by atoms with Gasteiger partial charge in [0.05, 0.1) is 5.56 Å². The van der Waals surface area contributed by atoms with Crippen molar-refractivity contribution in [2.45, 2.75) is 84.2 Å². The molecule has 5 rings (SSSR count). The summed E-state index contributed by atoms with van der Waals surface area (Å²) in [6.45, 7) is 7.31. The van der Waals surface area contributed by atoms with Crippen molar-refractivity contribution < 1.29 is 32.2 Å². The Balaban J connectivity index is 1.29. The van der Waals surface area contributed by atoms with E-state index >= 15 is 0 Å². The van der Waals surface area contributed by atoms with Gasteiger partial charge in [-0.25, -0.2) is 0 Å². The minimum Gasteiger partial charge on any atom is -0.488 e. The first-order valence-electron chi connectivity index (χ1n) is 14.9. The first kappa shape index (κ1) is 31.9. The van der Waals surface area contributed by atoms with E-state index < -0.39 is 23.3 Å². The Morgan fingerprint density at radius 1 is 1.09 bits per heavy atom. The second kappa shape index (κ2) is 12.5. The zero-order valence-corrected chi connectivity index (χ0v) is 26.1. The molecule has 2 amide bonds. The molecule has 2 heterocycles. The Kier molecular flexibility index (Phi) is 9.04. The number of fused-ring (bicyclic) bond motifs is 1. The largest absolute Gasteiger partial charge is 0.488 e. The second-order valence-electron chi connectivity index (χ2n) is 12.7. The van der Waals surface area contributed by atoms with E-state index in [4.69, 9.17) is 21.1 Å². The van der Waals surface area contributed by atoms with Crippen LogP contribution in [0.5, 0.6) is 11.5 Å². The first-order valence-corrected chi connectivity index (χ1v) is 15.3. The molecule has 0 saturated carbocycles. The number of amides is 2. The lowest BCUT2D eigenvalue weighted by Crippen LogP contribution is -2.44. The molecule has 3 atom stereocenters. The van der Waals surface area contributed by atoms with Gasteiger partial charge in [0.15, 0.2) is 0 Å². The van der Waals surface area contributed by atoms with Crippen molar-refractivity contribution in [1.29, 1.82) is 0 Å². The lowest BCUT2D eigenvalue weighted by Gasteiger charge is -2.29. The van der Waals surface area contributed by atoms with Crippen molar-refractivity contribution in [2.24, 2.45) is 11.8 Å². The van der Waals surface area contributed by atoms with Gasteiger partial charge in [0.2, 0.25) is 11.8 Å². The van der Waals surface area contributed by atoms with Gasteiger partial charge in [-0.2, -0.15) is 13.2 Å². The second-order valence-corrected chi connectivity index (χ2v) is 13.1. The fourth-order valence-corrected chi connectivity index (χ4v) is 6.46. The number of hydrogen-bond donors (Lipinski definition) is 0. The zero-order chi connectivity index (χ0) is 31.8. The Labute approximate surface area is 261 Å². The van der Waals surface area contributed by atoms with Gasteiger partial charge >= 0.3 is 6.18 Å². The SMILES string of the molecule is CC(Cc1ccc(OCc2cc(Cl)cc3c2OC(C)(C)C3)c(C(F)(F)F)c1)C(C)C(=O)N1C(=O)CCC1Cc1ccccc1. The van der Waals surface area contributed by atoms with Crippen molar-refractivity contribution >= 4 is 23.4 Å². The topological polar surface area (TPSA) is 55.8 Å². The number of imide groups is 1. The van der Waals surface area contributed by atoms with Crippen molar-refractivity contribution in [3.63, 3.8) is 0 Å². The van der Waals surface area contributed by atoms with Crippen LogP contribution in [-0.2, 0) is 41.6 Å². The third-order valence-corrected chi connectivity index (χ3v) is 8.83. The fourth-order valence-electron chi connectivity index (χ4n) is 6.20. The molecular formula is C35H37ClF3NO4. The summed E-state index contributed by atoms with van der Waals surface area (Å²) >= 11 is 6.28. The minimum atomic E-state index is -4.66. The van der Waals surface area contributed by atoms with E-state index in [-0.39, 0.29) is 42.6 Å². The van der Waals surface area contributed by atoms with Gasteiger partial charge in [0, 0.05) is 35.4 Å². The highest BCUT2D eigenvalue weighted by Crippen LogP contribution is 2.42. The van der Waals surface area contributed by atoms with Crippen LogP contribution in [0.2, 0.25) is 5.02 Å². The van der Waals surface area contributed by atoms with Gasteiger partial charge in [-0.1, -0.05) is 61.8 Å². The summed E-state index contributed by atoms with van der Waals surface area (Å²) in [7, 11) is 0. The van der Waals surface area contributed by atoms with E-state index in [1.807, 2.05) is 51.1 Å². The van der Waals surface area contributed by atoms with Crippen LogP contribution < -0.4 is 9.47 Å². The molecule has 3 unspecified atom stereocenters. The lowest BCUT2D eigenvalue weighted by molar-refractivity contribution is -0.147. The number of nitrogens with zero attached hydrogens (tertiary/aromatic N) is 1. The maximum absolute atomic E-state index is 14.2. The van der Waals surface area contributed by atoms with Gasteiger partial charge < -0.3 is 9.47 Å². The van der Waals surface area contributed by atoms with Gasteiger partial charge in [-0.05, 0) is 80.0 Å². The molecular weight excluding hydrogens is 591 g/mol. The number of carbonyl (C=O) groups is 2. The quantitative estimate of drug-likeness (QED) is 0.240. The van der Waals surface area contributed by atoms with Gasteiger partial charge in [-0.3, -0.25) is 14.5 Å². The van der Waals surface area contributed by atoms with Crippen molar-refractivity contribution in [3.05, 3.63) is 93.5 Å². The number of hydrogen-bond acceptors (Lipinski definition) is 4. The molecule has 3 aromatic rings. The molecule has 0 aromatic heterocycles. The van der Waals surface area contributed by atoms with E-state index in [1.165, 1.54) is 11.0 Å². The van der Waals surface area contributed by atoms with E-state index in [0.717, 1.165) is 17.2 Å². The molecule has 44 heavy (non-hydrogen) atoms. The van der Waals surface area contributed by atoms with Gasteiger partial charge in [0.25, 0.3) is 0 Å². The van der Waals surface area contributed by atoms with Crippen LogP contribution >= 0.6 is 11.6 Å². The van der Waals surface area contributed by atoms with Crippen molar-refractivity contribution in [2.75, 3.05) is 0 Å². The summed E-state index contributed by atoms with van der Waals surface area (Å²) in [4.78, 5) is 27.6. The zero-order valence-electron chi connectivity index (χ0n) is 25.3. The van der Waals surface area contributed by atoms with Gasteiger partial charge in [0.1, 0.15) is 23.7 Å². The van der Waals surface area contributed by atoms with Crippen LogP contribution in [0.3, 0.4) is 0 Å². The molecule has 2 aliphatic heterocycles. The maximum Gasteiger partial charge on any atom is 0.419 e. The summed E-state index contributed by atoms with van der Waals surface area (Å²) in [6, 6.07) is 16.9. The molecule has 234 valence electrons. The lowest BCUT2D eigenvalue weighted by atomic mass is 9.87. The fraction of sp³-hybridized carbons (Fsp3) is 0.429. The predicted molar refractivity (Wildman–Crippen MR) is 163 cm³/mol. The first-order chi connectivity index (χ1) is 20.7. The average molecular weight is 628 g/mol. The summed E-state index contributed by atoms with van der Waals surface area (Å²) in [5, 5.41) is 0.467. The Bertz CT molecular complexity index is 1540. The highest BCUT2D eigenvalue weighted by molar-refractivity contribution is 6.30. The van der Waals surface area contributed by atoms with Crippen LogP contribution in [0.15, 0.2) is 60.7 Å². The standard InChI is InChI=1S/C35H37ClF3NO4/c1-21(22(2)33(42)40-28(11-13-31(40)41)15-23-8-6-5-7-9-23)14-24-10-12-30(29(16-24)35(37,38)39)43-20-26-18-27(36)17-25-19-34(3,4)44-32(25)26/h5-10,12,16-18,21-22,28H,11,13-15,19-20H2,1-4H3. The smallest absolute Gasteiger partial charge is 0.419 e. The number of halogens is 4. The van der Waals surface area contributed by atoms with Gasteiger partial charge in [-0.15, -0.1) is 0 Å². The number of carbonyl (C=O) groups excluding carboxylic acids is 2. The van der Waals surface area contributed by atoms with E-state index in [9.17, 15) is 22.8 Å². The molecule has 0 bridgehead atoms. The van der Waals surface area contributed by atoms with Crippen LogP contribution in [0.4, 0.5) is 13.2 Å². The van der Waals surface area contributed by atoms with Crippen molar-refractivity contribution in [1.82, 2.24) is 4.90 Å². The van der Waals surface area contributed by atoms with Crippen LogP contribution in [0.1, 0.15) is 68.4 Å². The normalized spacial score (nSPS) is 19.0. The molecule has 9 heteroatoms. The third kappa shape index (κ3) is 7.06. The van der Waals surface area contributed by atoms with Crippen LogP contribution in [0.25, 0.3) is 0 Å². The number of rotatable bonds is 9. The number of ether oxygens (including phenoxy) is 2. The predicted octanol–water partition coefficient (Wildman–Crippen LogP) is 8.23. The Morgan fingerprint density at radius 3 is 2.52 bits per heavy atom. The molecule has 0 spiro atoms. The Hall–Kier alpha value is -3.52. The molecule has 0 radical (unpaired) electrons. The third-order valence-electron chi connectivity index (χ3n) is 8.61. The molecule has 0 N–H and O–H groups in total. The monoisotopic (exact) mass is 627 g/mol. The molecule has 1 fully saturated rings. The molecule has 5 nitrogen and oxygen atoms in total. The van der Waals surface area contributed by atoms with Crippen molar-refractivity contribution in [3.8, 4) is 11.5 Å². The summed E-state index contributed by atoms with van der Waals surface area (Å²) in [5.74, 6) is -1.05. The summed E-state index contributed by atoms with van der Waals surface area (Å²) < 4.78 is 54.4. The average Bonchev–Trinajstić information content (AvgIpc) is 3.48. The number of likely N-dealkylation sites (tertiary alicyclic amines) is 1. The molecule has 1 saturated heterocycles. The Morgan fingerprint density at radius 2 is 1.82 bits per heavy atom. The molecule has 0 aliphatic carbocycles. The van der Waals surface area contributed by atoms with E-state index in [2.05, 4.69) is 0 Å². The minimum absolute atomic E-state index is 0.142. The van der Waals surface area contributed by atoms with E-state index in [1.54, 1.807) is 25.1 Å². The molecule has 2 aliphatic rings. The number of alkyl halides is 3. The summed E-state index contributed by atoms with van der Waals surface area (Å²) in [6.07, 6.45) is -2.31.